The molecule has 1 unspecified atom stereocenters. The number of esters is 1. The Labute approximate surface area is 213 Å². The minimum atomic E-state index is -5.94. The van der Waals surface area contributed by atoms with Gasteiger partial charge in [0.1, 0.15) is 12.6 Å². The lowest BCUT2D eigenvalue weighted by molar-refractivity contribution is -0.150. The number of halogens is 3. The first-order valence-corrected chi connectivity index (χ1v) is 12.6. The van der Waals surface area contributed by atoms with Gasteiger partial charge >= 0.3 is 21.5 Å². The van der Waals surface area contributed by atoms with Crippen LogP contribution >= 0.6 is 0 Å². The molecular formula is C26H26F3NO6S. The number of carbonyl (C=O) groups excluding carboxylic acids is 1. The largest absolute Gasteiger partial charge is 0.511 e. The second-order valence-electron chi connectivity index (χ2n) is 7.91. The number of hydrogen-bond donors (Lipinski definition) is 0. The number of nitrogens with zero attached hydrogens (tertiary/aromatic N) is 1. The summed E-state index contributed by atoms with van der Waals surface area (Å²) in [4.78, 5) is 13.2. The van der Waals surface area contributed by atoms with E-state index >= 15 is 0 Å². The molecule has 3 aromatic carbocycles. The van der Waals surface area contributed by atoms with Crippen LogP contribution in [0, 0.1) is 0 Å². The van der Waals surface area contributed by atoms with E-state index in [1.807, 2.05) is 0 Å². The van der Waals surface area contributed by atoms with E-state index in [1.54, 1.807) is 48.5 Å². The Morgan fingerprint density at radius 2 is 1.46 bits per heavy atom. The van der Waals surface area contributed by atoms with Gasteiger partial charge in [-0.05, 0) is 35.2 Å². The average Bonchev–Trinajstić information content (AvgIpc) is 2.89. The molecule has 37 heavy (non-hydrogen) atoms. The van der Waals surface area contributed by atoms with Gasteiger partial charge in [-0.15, -0.1) is 0 Å². The first kappa shape index (κ1) is 28.0. The van der Waals surface area contributed by atoms with Crippen LogP contribution in [0.3, 0.4) is 0 Å². The highest BCUT2D eigenvalue weighted by molar-refractivity contribution is 7.90. The molecule has 0 aromatic heterocycles. The SMILES string of the molecule is COc1ccc(CCN(C(C(=O)OCc2ccccc2)c2ccccc2)S(=O)(=O)C(F)(F)F)cc1OC. The van der Waals surface area contributed by atoms with Crippen LogP contribution < -0.4 is 9.47 Å². The van der Waals surface area contributed by atoms with Crippen molar-refractivity contribution in [3.8, 4) is 11.5 Å². The van der Waals surface area contributed by atoms with Crippen molar-refractivity contribution in [3.05, 3.63) is 95.6 Å². The Morgan fingerprint density at radius 1 is 0.865 bits per heavy atom. The number of benzene rings is 3. The Balaban J connectivity index is 1.99. The van der Waals surface area contributed by atoms with Crippen LogP contribution in [0.2, 0.25) is 0 Å². The molecule has 0 N–H and O–H groups in total. The van der Waals surface area contributed by atoms with Crippen molar-refractivity contribution in [2.45, 2.75) is 24.6 Å². The van der Waals surface area contributed by atoms with Gasteiger partial charge in [0.25, 0.3) is 0 Å². The Kier molecular flexibility index (Phi) is 9.17. The molecule has 1 atom stereocenters. The molecule has 11 heteroatoms. The molecule has 0 fully saturated rings. The molecule has 0 aliphatic carbocycles. The van der Waals surface area contributed by atoms with Gasteiger partial charge in [-0.3, -0.25) is 0 Å². The molecule has 3 aromatic rings. The molecular weight excluding hydrogens is 511 g/mol. The van der Waals surface area contributed by atoms with Gasteiger partial charge in [-0.1, -0.05) is 66.7 Å². The fourth-order valence-corrected chi connectivity index (χ4v) is 4.74. The van der Waals surface area contributed by atoms with Gasteiger partial charge < -0.3 is 14.2 Å². The highest BCUT2D eigenvalue weighted by Crippen LogP contribution is 2.35. The topological polar surface area (TPSA) is 82.1 Å². The summed E-state index contributed by atoms with van der Waals surface area (Å²) >= 11 is 0. The number of ether oxygens (including phenoxy) is 3. The molecule has 0 bridgehead atoms. The van der Waals surface area contributed by atoms with E-state index in [0.29, 0.717) is 22.6 Å². The van der Waals surface area contributed by atoms with E-state index in [1.165, 1.54) is 44.6 Å². The second-order valence-corrected chi connectivity index (χ2v) is 9.79. The fourth-order valence-electron chi connectivity index (χ4n) is 3.66. The zero-order chi connectivity index (χ0) is 27.1. The van der Waals surface area contributed by atoms with E-state index in [-0.39, 0.29) is 22.9 Å². The van der Waals surface area contributed by atoms with Crippen molar-refractivity contribution < 1.29 is 40.6 Å². The van der Waals surface area contributed by atoms with E-state index in [4.69, 9.17) is 14.2 Å². The van der Waals surface area contributed by atoms with Crippen molar-refractivity contribution in [1.29, 1.82) is 0 Å². The van der Waals surface area contributed by atoms with Crippen LogP contribution in [-0.4, -0.2) is 45.0 Å². The van der Waals surface area contributed by atoms with Gasteiger partial charge in [0.2, 0.25) is 0 Å². The van der Waals surface area contributed by atoms with Crippen molar-refractivity contribution in [2.24, 2.45) is 0 Å². The van der Waals surface area contributed by atoms with Crippen molar-refractivity contribution in [3.63, 3.8) is 0 Å². The zero-order valence-corrected chi connectivity index (χ0v) is 21.0. The predicted octanol–water partition coefficient (Wildman–Crippen LogP) is 4.88. The third kappa shape index (κ3) is 6.80. The fraction of sp³-hybridized carbons (Fsp3) is 0.269. The number of sulfonamides is 1. The second kappa shape index (κ2) is 12.1. The van der Waals surface area contributed by atoms with Crippen LogP contribution in [0.25, 0.3) is 0 Å². The molecule has 0 spiro atoms. The molecule has 0 radical (unpaired) electrons. The molecule has 0 aliphatic rings. The van der Waals surface area contributed by atoms with Gasteiger partial charge in [-0.25, -0.2) is 13.2 Å². The number of alkyl halides is 3. The predicted molar refractivity (Wildman–Crippen MR) is 130 cm³/mol. The minimum absolute atomic E-state index is 0.0423. The third-order valence-electron chi connectivity index (χ3n) is 5.52. The summed E-state index contributed by atoms with van der Waals surface area (Å²) in [5, 5.41) is 0. The first-order chi connectivity index (χ1) is 17.6. The van der Waals surface area contributed by atoms with E-state index < -0.39 is 34.1 Å². The molecule has 0 saturated heterocycles. The van der Waals surface area contributed by atoms with Gasteiger partial charge in [0, 0.05) is 6.54 Å². The number of methoxy groups -OCH3 is 2. The van der Waals surface area contributed by atoms with E-state index in [2.05, 4.69) is 0 Å². The maximum absolute atomic E-state index is 13.8. The van der Waals surface area contributed by atoms with Crippen LogP contribution in [0.5, 0.6) is 11.5 Å². The Hall–Kier alpha value is -3.57. The smallest absolute Gasteiger partial charge is 0.493 e. The molecule has 0 saturated carbocycles. The van der Waals surface area contributed by atoms with Crippen LogP contribution in [0.4, 0.5) is 13.2 Å². The van der Waals surface area contributed by atoms with Gasteiger partial charge in [-0.2, -0.15) is 17.5 Å². The van der Waals surface area contributed by atoms with Crippen LogP contribution in [0.1, 0.15) is 22.7 Å². The number of carbonyl (C=O) groups is 1. The van der Waals surface area contributed by atoms with Crippen molar-refractivity contribution in [1.82, 2.24) is 4.31 Å². The Bertz CT molecular complexity index is 1280. The summed E-state index contributed by atoms with van der Waals surface area (Å²) in [5.74, 6) is -0.403. The summed E-state index contributed by atoms with van der Waals surface area (Å²) in [5.41, 5.74) is -4.53. The first-order valence-electron chi connectivity index (χ1n) is 11.1. The Morgan fingerprint density at radius 3 is 2.03 bits per heavy atom. The minimum Gasteiger partial charge on any atom is -0.493 e. The van der Waals surface area contributed by atoms with Crippen LogP contribution in [0.15, 0.2) is 78.9 Å². The monoisotopic (exact) mass is 537 g/mol. The van der Waals surface area contributed by atoms with E-state index in [9.17, 15) is 26.4 Å². The summed E-state index contributed by atoms with van der Waals surface area (Å²) in [6, 6.07) is 18.7. The zero-order valence-electron chi connectivity index (χ0n) is 20.1. The highest BCUT2D eigenvalue weighted by atomic mass is 32.2. The van der Waals surface area contributed by atoms with Crippen molar-refractivity contribution in [2.75, 3.05) is 20.8 Å². The van der Waals surface area contributed by atoms with Gasteiger partial charge in [0.15, 0.2) is 11.5 Å². The lowest BCUT2D eigenvalue weighted by atomic mass is 10.1. The average molecular weight is 538 g/mol. The third-order valence-corrected chi connectivity index (χ3v) is 7.12. The number of hydrogen-bond acceptors (Lipinski definition) is 6. The summed E-state index contributed by atoms with van der Waals surface area (Å²) < 4.78 is 82.7. The number of rotatable bonds is 11. The normalized spacial score (nSPS) is 12.7. The van der Waals surface area contributed by atoms with E-state index in [0.717, 1.165) is 0 Å². The van der Waals surface area contributed by atoms with Gasteiger partial charge in [0.05, 0.1) is 14.2 Å². The van der Waals surface area contributed by atoms with Crippen molar-refractivity contribution >= 4 is 16.0 Å². The molecule has 3 rings (SSSR count). The summed E-state index contributed by atoms with van der Waals surface area (Å²) in [6.07, 6.45) is -0.148. The quantitative estimate of drug-likeness (QED) is 0.324. The lowest BCUT2D eigenvalue weighted by Crippen LogP contribution is -2.46. The molecule has 0 aliphatic heterocycles. The molecule has 0 amide bonds. The summed E-state index contributed by atoms with van der Waals surface area (Å²) in [7, 11) is -3.11. The maximum atomic E-state index is 13.8. The molecule has 198 valence electrons. The van der Waals surface area contributed by atoms with Crippen LogP contribution in [-0.2, 0) is 32.6 Å². The maximum Gasteiger partial charge on any atom is 0.511 e. The molecule has 0 heterocycles. The molecule has 7 nitrogen and oxygen atoms in total. The lowest BCUT2D eigenvalue weighted by Gasteiger charge is -2.30. The summed E-state index contributed by atoms with van der Waals surface area (Å²) in [6.45, 7) is -0.893. The standard InChI is InChI=1S/C26H26F3NO6S/c1-34-22-14-13-19(17-23(22)35-2)15-16-30(37(32,33)26(27,28)29)24(21-11-7-4-8-12-21)25(31)36-18-20-9-5-3-6-10-20/h3-14,17,24H,15-16,18H2,1-2H3. The highest BCUT2D eigenvalue weighted by Gasteiger charge is 2.53.